The van der Waals surface area contributed by atoms with E-state index in [4.69, 9.17) is 5.11 Å². The average molecular weight is 245 g/mol. The number of hydrogen-bond donors (Lipinski definition) is 1. The molecule has 0 aliphatic rings. The largest absolute Gasteiger partial charge is 0.493 e. The van der Waals surface area contributed by atoms with Crippen LogP contribution in [0.25, 0.3) is 10.6 Å². The summed E-state index contributed by atoms with van der Waals surface area (Å²) in [7, 11) is 0. The number of aromatic nitrogens is 1. The monoisotopic (exact) mass is 245 g/mol. The number of benzene rings is 1. The molecule has 2 rings (SSSR count). The van der Waals surface area contributed by atoms with Crippen molar-refractivity contribution < 1.29 is 18.3 Å². The van der Waals surface area contributed by atoms with Crippen LogP contribution >= 0.6 is 11.3 Å². The summed E-state index contributed by atoms with van der Waals surface area (Å²) < 4.78 is 37.3. The third kappa shape index (κ3) is 2.16. The van der Waals surface area contributed by atoms with Crippen LogP contribution in [0.5, 0.6) is 5.88 Å². The van der Waals surface area contributed by atoms with Crippen molar-refractivity contribution in [2.75, 3.05) is 0 Å². The molecule has 1 aromatic heterocycles. The van der Waals surface area contributed by atoms with Gasteiger partial charge in [-0.15, -0.1) is 11.3 Å². The number of nitrogens with zero attached hydrogens (tertiary/aromatic N) is 1. The highest BCUT2D eigenvalue weighted by Gasteiger charge is 2.30. The second-order valence-corrected chi connectivity index (χ2v) is 3.95. The fourth-order valence-electron chi connectivity index (χ4n) is 1.23. The van der Waals surface area contributed by atoms with Crippen LogP contribution < -0.4 is 0 Å². The third-order valence-electron chi connectivity index (χ3n) is 1.93. The van der Waals surface area contributed by atoms with Gasteiger partial charge in [-0.2, -0.15) is 13.2 Å². The molecule has 6 heteroatoms. The highest BCUT2D eigenvalue weighted by Crippen LogP contribution is 2.33. The summed E-state index contributed by atoms with van der Waals surface area (Å²) in [5.41, 5.74) is -0.375. The quantitative estimate of drug-likeness (QED) is 0.833. The lowest BCUT2D eigenvalue weighted by Gasteiger charge is -2.06. The molecule has 0 spiro atoms. The molecule has 0 amide bonds. The summed E-state index contributed by atoms with van der Waals surface area (Å²) in [5.74, 6) is -0.183. The fraction of sp³-hybridized carbons (Fsp3) is 0.100. The van der Waals surface area contributed by atoms with Crippen molar-refractivity contribution in [3.05, 3.63) is 35.2 Å². The van der Waals surface area contributed by atoms with E-state index < -0.39 is 11.7 Å². The van der Waals surface area contributed by atoms with Crippen LogP contribution in [0.4, 0.5) is 13.2 Å². The van der Waals surface area contributed by atoms with Crippen molar-refractivity contribution in [2.24, 2.45) is 0 Å². The third-order valence-corrected chi connectivity index (χ3v) is 2.81. The van der Waals surface area contributed by atoms with Crippen LogP contribution in [-0.4, -0.2) is 10.1 Å². The molecular formula is C10H6F3NOS. The molecule has 0 saturated heterocycles. The molecular weight excluding hydrogens is 239 g/mol. The van der Waals surface area contributed by atoms with Gasteiger partial charge in [-0.1, -0.05) is 12.1 Å². The minimum atomic E-state index is -4.37. The van der Waals surface area contributed by atoms with Crippen molar-refractivity contribution in [3.8, 4) is 16.5 Å². The van der Waals surface area contributed by atoms with E-state index in [1.54, 1.807) is 0 Å². The molecule has 0 atom stereocenters. The molecule has 16 heavy (non-hydrogen) atoms. The number of halogens is 3. The Balaban J connectivity index is 2.44. The lowest BCUT2D eigenvalue weighted by Crippen LogP contribution is -2.04. The Morgan fingerprint density at radius 3 is 2.56 bits per heavy atom. The summed E-state index contributed by atoms with van der Waals surface area (Å²) in [6.07, 6.45) is -4.37. The van der Waals surface area contributed by atoms with Crippen LogP contribution in [0.15, 0.2) is 29.6 Å². The standard InChI is InChI=1S/C10H6F3NOS/c11-10(12,13)7-3-1-2-6(4-7)9-14-8(15)5-16-9/h1-5,15H. The molecule has 0 bridgehead atoms. The molecule has 2 nitrogen and oxygen atoms in total. The Labute approximate surface area is 93.0 Å². The smallest absolute Gasteiger partial charge is 0.416 e. The molecule has 0 aliphatic carbocycles. The van der Waals surface area contributed by atoms with Crippen LogP contribution in [-0.2, 0) is 6.18 Å². The number of alkyl halides is 3. The van der Waals surface area contributed by atoms with Gasteiger partial charge in [0.05, 0.1) is 10.9 Å². The average Bonchev–Trinajstić information content (AvgIpc) is 2.64. The van der Waals surface area contributed by atoms with Crippen LogP contribution in [0, 0.1) is 0 Å². The van der Waals surface area contributed by atoms with E-state index in [1.165, 1.54) is 17.5 Å². The number of aromatic hydroxyl groups is 1. The molecule has 1 aromatic carbocycles. The zero-order valence-corrected chi connectivity index (χ0v) is 8.64. The minimum Gasteiger partial charge on any atom is -0.493 e. The molecule has 0 saturated carbocycles. The van der Waals surface area contributed by atoms with E-state index in [-0.39, 0.29) is 5.88 Å². The van der Waals surface area contributed by atoms with Crippen LogP contribution in [0.1, 0.15) is 5.56 Å². The van der Waals surface area contributed by atoms with Crippen molar-refractivity contribution >= 4 is 11.3 Å². The lowest BCUT2D eigenvalue weighted by molar-refractivity contribution is -0.137. The zero-order chi connectivity index (χ0) is 11.8. The second kappa shape index (κ2) is 3.79. The molecule has 2 aromatic rings. The van der Waals surface area contributed by atoms with Gasteiger partial charge < -0.3 is 5.11 Å². The summed E-state index contributed by atoms with van der Waals surface area (Å²) in [6.45, 7) is 0. The lowest BCUT2D eigenvalue weighted by atomic mass is 10.1. The predicted octanol–water partition coefficient (Wildman–Crippen LogP) is 3.53. The Morgan fingerprint density at radius 2 is 2.00 bits per heavy atom. The fourth-order valence-corrected chi connectivity index (χ4v) is 1.91. The summed E-state index contributed by atoms with van der Waals surface area (Å²) in [4.78, 5) is 3.71. The van der Waals surface area contributed by atoms with Crippen LogP contribution in [0.3, 0.4) is 0 Å². The van der Waals surface area contributed by atoms with Gasteiger partial charge in [0.15, 0.2) is 0 Å². The molecule has 0 aliphatic heterocycles. The van der Waals surface area contributed by atoms with Gasteiger partial charge in [0.25, 0.3) is 0 Å². The maximum atomic E-state index is 12.4. The molecule has 84 valence electrons. The molecule has 1 N–H and O–H groups in total. The first-order valence-corrected chi connectivity index (χ1v) is 5.17. The van der Waals surface area contributed by atoms with E-state index >= 15 is 0 Å². The Kier molecular flexibility index (Phi) is 2.59. The zero-order valence-electron chi connectivity index (χ0n) is 7.82. The number of rotatable bonds is 1. The number of hydrogen-bond acceptors (Lipinski definition) is 3. The van der Waals surface area contributed by atoms with Gasteiger partial charge in [-0.3, -0.25) is 0 Å². The molecule has 0 unspecified atom stereocenters. The first-order chi connectivity index (χ1) is 7.47. The van der Waals surface area contributed by atoms with Crippen LogP contribution in [0.2, 0.25) is 0 Å². The minimum absolute atomic E-state index is 0.183. The van der Waals surface area contributed by atoms with Gasteiger partial charge in [0.2, 0.25) is 5.88 Å². The van der Waals surface area contributed by atoms with E-state index in [1.807, 2.05) is 0 Å². The van der Waals surface area contributed by atoms with E-state index in [0.717, 1.165) is 23.5 Å². The maximum Gasteiger partial charge on any atom is 0.416 e. The van der Waals surface area contributed by atoms with Gasteiger partial charge in [-0.25, -0.2) is 4.98 Å². The summed E-state index contributed by atoms with van der Waals surface area (Å²) in [6, 6.07) is 4.85. The van der Waals surface area contributed by atoms with Crippen molar-refractivity contribution in [2.45, 2.75) is 6.18 Å². The van der Waals surface area contributed by atoms with Crippen molar-refractivity contribution in [1.82, 2.24) is 4.98 Å². The summed E-state index contributed by atoms with van der Waals surface area (Å²) >= 11 is 1.09. The maximum absolute atomic E-state index is 12.4. The van der Waals surface area contributed by atoms with Gasteiger partial charge in [-0.05, 0) is 12.1 Å². The van der Waals surface area contributed by atoms with E-state index in [9.17, 15) is 13.2 Å². The first-order valence-electron chi connectivity index (χ1n) is 4.29. The van der Waals surface area contributed by atoms with E-state index in [0.29, 0.717) is 10.6 Å². The Bertz CT molecular complexity index is 507. The Hall–Kier alpha value is -1.56. The van der Waals surface area contributed by atoms with Crippen molar-refractivity contribution in [3.63, 3.8) is 0 Å². The second-order valence-electron chi connectivity index (χ2n) is 3.09. The first kappa shape index (κ1) is 10.9. The van der Waals surface area contributed by atoms with E-state index in [2.05, 4.69) is 4.98 Å². The van der Waals surface area contributed by atoms with Crippen molar-refractivity contribution in [1.29, 1.82) is 0 Å². The summed E-state index contributed by atoms with van der Waals surface area (Å²) in [5, 5.41) is 10.8. The molecule has 1 heterocycles. The highest BCUT2D eigenvalue weighted by atomic mass is 32.1. The highest BCUT2D eigenvalue weighted by molar-refractivity contribution is 7.13. The van der Waals surface area contributed by atoms with Gasteiger partial charge in [0, 0.05) is 5.56 Å². The topological polar surface area (TPSA) is 33.1 Å². The normalized spacial score (nSPS) is 11.7. The Morgan fingerprint density at radius 1 is 1.25 bits per heavy atom. The molecule has 0 radical (unpaired) electrons. The SMILES string of the molecule is Oc1csc(-c2cccc(C(F)(F)F)c2)n1. The number of thiazole rings is 1. The molecule has 0 fully saturated rings. The van der Waals surface area contributed by atoms with Gasteiger partial charge >= 0.3 is 6.18 Å². The predicted molar refractivity (Wildman–Crippen MR) is 54.2 cm³/mol. The van der Waals surface area contributed by atoms with Gasteiger partial charge in [0.1, 0.15) is 5.01 Å².